The number of nitrogen functional groups attached to an aromatic ring is 1. The standard InChI is InChI=1S/C15H22N2O/c1-10(12-7-8-12)15(18)17(3)11(2)13-5-4-6-14(16)9-13/h4-6,9-12H,7-8,16H2,1-3H3. The number of hydrogen-bond acceptors (Lipinski definition) is 2. The molecule has 3 heteroatoms. The predicted molar refractivity (Wildman–Crippen MR) is 73.9 cm³/mol. The average molecular weight is 246 g/mol. The molecule has 0 bridgehead atoms. The van der Waals surface area contributed by atoms with Crippen LogP contribution in [-0.2, 0) is 4.79 Å². The van der Waals surface area contributed by atoms with E-state index in [0.717, 1.165) is 11.3 Å². The van der Waals surface area contributed by atoms with Crippen LogP contribution in [0.2, 0.25) is 0 Å². The van der Waals surface area contributed by atoms with Crippen LogP contribution in [0.1, 0.15) is 38.3 Å². The lowest BCUT2D eigenvalue weighted by molar-refractivity contribution is -0.136. The molecule has 0 aliphatic heterocycles. The van der Waals surface area contributed by atoms with Gasteiger partial charge in [0.25, 0.3) is 0 Å². The van der Waals surface area contributed by atoms with E-state index in [1.54, 1.807) is 0 Å². The minimum Gasteiger partial charge on any atom is -0.399 e. The molecule has 0 spiro atoms. The smallest absolute Gasteiger partial charge is 0.225 e. The number of carbonyl (C=O) groups excluding carboxylic acids is 1. The number of carbonyl (C=O) groups is 1. The molecule has 0 saturated heterocycles. The lowest BCUT2D eigenvalue weighted by Gasteiger charge is -2.28. The Labute approximate surface area is 109 Å². The molecular weight excluding hydrogens is 224 g/mol. The van der Waals surface area contributed by atoms with E-state index in [2.05, 4.69) is 0 Å². The maximum Gasteiger partial charge on any atom is 0.225 e. The summed E-state index contributed by atoms with van der Waals surface area (Å²) in [5, 5.41) is 0. The van der Waals surface area contributed by atoms with Crippen molar-refractivity contribution in [2.45, 2.75) is 32.7 Å². The Bertz CT molecular complexity index is 440. The van der Waals surface area contributed by atoms with Crippen LogP contribution >= 0.6 is 0 Å². The van der Waals surface area contributed by atoms with Crippen LogP contribution in [0.3, 0.4) is 0 Å². The summed E-state index contributed by atoms with van der Waals surface area (Å²) in [5.41, 5.74) is 7.62. The fourth-order valence-corrected chi connectivity index (χ4v) is 2.35. The van der Waals surface area contributed by atoms with Crippen LogP contribution in [0.25, 0.3) is 0 Å². The molecule has 18 heavy (non-hydrogen) atoms. The van der Waals surface area contributed by atoms with Gasteiger partial charge in [-0.25, -0.2) is 0 Å². The molecule has 0 heterocycles. The molecule has 98 valence electrons. The van der Waals surface area contributed by atoms with Crippen LogP contribution in [-0.4, -0.2) is 17.9 Å². The van der Waals surface area contributed by atoms with E-state index in [-0.39, 0.29) is 17.9 Å². The topological polar surface area (TPSA) is 46.3 Å². The summed E-state index contributed by atoms with van der Waals surface area (Å²) in [6, 6.07) is 7.83. The highest BCUT2D eigenvalue weighted by Crippen LogP contribution is 2.38. The van der Waals surface area contributed by atoms with Crippen LogP contribution in [0.15, 0.2) is 24.3 Å². The van der Waals surface area contributed by atoms with Gasteiger partial charge in [0.15, 0.2) is 0 Å². The van der Waals surface area contributed by atoms with Crippen molar-refractivity contribution < 1.29 is 4.79 Å². The number of hydrogen-bond donors (Lipinski definition) is 1. The van der Waals surface area contributed by atoms with Crippen molar-refractivity contribution in [3.05, 3.63) is 29.8 Å². The zero-order chi connectivity index (χ0) is 13.3. The highest BCUT2D eigenvalue weighted by molar-refractivity contribution is 5.79. The lowest BCUT2D eigenvalue weighted by atomic mass is 10.0. The average Bonchev–Trinajstić information content (AvgIpc) is 3.19. The Balaban J connectivity index is 2.07. The number of rotatable bonds is 4. The molecule has 0 aromatic heterocycles. The van der Waals surface area contributed by atoms with Crippen molar-refractivity contribution in [2.24, 2.45) is 11.8 Å². The Morgan fingerprint density at radius 1 is 1.39 bits per heavy atom. The van der Waals surface area contributed by atoms with Crippen LogP contribution in [0, 0.1) is 11.8 Å². The molecule has 1 saturated carbocycles. The Hall–Kier alpha value is -1.51. The molecule has 0 radical (unpaired) electrons. The van der Waals surface area contributed by atoms with Gasteiger partial charge in [-0.2, -0.15) is 0 Å². The quantitative estimate of drug-likeness (QED) is 0.830. The summed E-state index contributed by atoms with van der Waals surface area (Å²) in [6.07, 6.45) is 2.40. The van der Waals surface area contributed by atoms with Crippen molar-refractivity contribution in [1.82, 2.24) is 4.90 Å². The fourth-order valence-electron chi connectivity index (χ4n) is 2.35. The van der Waals surface area contributed by atoms with Crippen molar-refractivity contribution in [3.8, 4) is 0 Å². The Morgan fingerprint density at radius 2 is 2.06 bits per heavy atom. The molecule has 2 unspecified atom stereocenters. The molecule has 1 amide bonds. The molecule has 2 rings (SSSR count). The molecule has 1 aliphatic carbocycles. The van der Waals surface area contributed by atoms with Gasteiger partial charge in [-0.3, -0.25) is 4.79 Å². The zero-order valence-corrected chi connectivity index (χ0v) is 11.4. The van der Waals surface area contributed by atoms with Gasteiger partial charge in [0.05, 0.1) is 6.04 Å². The van der Waals surface area contributed by atoms with E-state index in [9.17, 15) is 4.79 Å². The molecule has 2 N–H and O–H groups in total. The largest absolute Gasteiger partial charge is 0.399 e. The van der Waals surface area contributed by atoms with Gasteiger partial charge in [-0.15, -0.1) is 0 Å². The molecular formula is C15H22N2O. The van der Waals surface area contributed by atoms with Gasteiger partial charge in [0.1, 0.15) is 0 Å². The predicted octanol–water partition coefficient (Wildman–Crippen LogP) is 2.83. The second-order valence-corrected chi connectivity index (χ2v) is 5.42. The third kappa shape index (κ3) is 2.66. The van der Waals surface area contributed by atoms with Crippen molar-refractivity contribution in [2.75, 3.05) is 12.8 Å². The highest BCUT2D eigenvalue weighted by atomic mass is 16.2. The number of anilines is 1. The molecule has 2 atom stereocenters. The minimum atomic E-state index is 0.0715. The normalized spacial score (nSPS) is 18.2. The van der Waals surface area contributed by atoms with Gasteiger partial charge in [-0.1, -0.05) is 19.1 Å². The summed E-state index contributed by atoms with van der Waals surface area (Å²) in [5.74, 6) is 0.999. The highest BCUT2D eigenvalue weighted by Gasteiger charge is 2.35. The molecule has 1 aromatic carbocycles. The third-order valence-corrected chi connectivity index (χ3v) is 4.04. The molecule has 1 aromatic rings. The zero-order valence-electron chi connectivity index (χ0n) is 11.4. The first-order valence-corrected chi connectivity index (χ1v) is 6.63. The van der Waals surface area contributed by atoms with Crippen LogP contribution in [0.4, 0.5) is 5.69 Å². The SMILES string of the molecule is CC(C(=O)N(C)C(C)c1cccc(N)c1)C1CC1. The number of benzene rings is 1. The number of amides is 1. The second-order valence-electron chi connectivity index (χ2n) is 5.42. The molecule has 3 nitrogen and oxygen atoms in total. The summed E-state index contributed by atoms with van der Waals surface area (Å²) in [6.45, 7) is 4.09. The van der Waals surface area contributed by atoms with E-state index in [4.69, 9.17) is 5.73 Å². The summed E-state index contributed by atoms with van der Waals surface area (Å²) in [4.78, 5) is 14.2. The van der Waals surface area contributed by atoms with E-state index < -0.39 is 0 Å². The second kappa shape index (κ2) is 5.01. The van der Waals surface area contributed by atoms with E-state index in [1.807, 2.05) is 50.1 Å². The maximum atomic E-state index is 12.3. The lowest BCUT2D eigenvalue weighted by Crippen LogP contribution is -2.34. The van der Waals surface area contributed by atoms with Crippen LogP contribution in [0.5, 0.6) is 0 Å². The van der Waals surface area contributed by atoms with Gasteiger partial charge in [0.2, 0.25) is 5.91 Å². The van der Waals surface area contributed by atoms with E-state index in [0.29, 0.717) is 5.92 Å². The Morgan fingerprint density at radius 3 is 2.61 bits per heavy atom. The first kappa shape index (κ1) is 12.9. The van der Waals surface area contributed by atoms with Gasteiger partial charge < -0.3 is 10.6 Å². The molecule has 1 fully saturated rings. The van der Waals surface area contributed by atoms with Gasteiger partial charge in [0, 0.05) is 18.7 Å². The van der Waals surface area contributed by atoms with E-state index >= 15 is 0 Å². The van der Waals surface area contributed by atoms with Gasteiger partial charge in [-0.05, 0) is 43.4 Å². The molecule has 1 aliphatic rings. The van der Waals surface area contributed by atoms with Crippen molar-refractivity contribution in [3.63, 3.8) is 0 Å². The van der Waals surface area contributed by atoms with Crippen molar-refractivity contribution >= 4 is 11.6 Å². The third-order valence-electron chi connectivity index (χ3n) is 4.04. The maximum absolute atomic E-state index is 12.3. The van der Waals surface area contributed by atoms with Crippen LogP contribution < -0.4 is 5.73 Å². The van der Waals surface area contributed by atoms with Gasteiger partial charge >= 0.3 is 0 Å². The number of nitrogens with zero attached hydrogens (tertiary/aromatic N) is 1. The number of nitrogens with two attached hydrogens (primary N) is 1. The summed E-state index contributed by atoms with van der Waals surface area (Å²) >= 11 is 0. The van der Waals surface area contributed by atoms with Crippen molar-refractivity contribution in [1.29, 1.82) is 0 Å². The minimum absolute atomic E-state index is 0.0715. The summed E-state index contributed by atoms with van der Waals surface area (Å²) < 4.78 is 0. The Kier molecular flexibility index (Phi) is 3.60. The summed E-state index contributed by atoms with van der Waals surface area (Å²) in [7, 11) is 1.88. The first-order valence-electron chi connectivity index (χ1n) is 6.63. The monoisotopic (exact) mass is 246 g/mol. The van der Waals surface area contributed by atoms with E-state index in [1.165, 1.54) is 12.8 Å². The fraction of sp³-hybridized carbons (Fsp3) is 0.533. The first-order chi connectivity index (χ1) is 8.50.